The van der Waals surface area contributed by atoms with Crippen LogP contribution in [0.25, 0.3) is 0 Å². The second-order valence-electron chi connectivity index (χ2n) is 4.97. The zero-order valence-corrected chi connectivity index (χ0v) is 16.9. The highest BCUT2D eigenvalue weighted by Gasteiger charge is 2.11. The Morgan fingerprint density at radius 1 is 1.17 bits per heavy atom. The SMILES string of the molecule is CN(C)c1ccc(/C=N/NC(=O)c2cc(I)c(O)c(I)c2)cc1. The van der Waals surface area contributed by atoms with E-state index in [0.717, 1.165) is 11.3 Å². The molecule has 0 saturated carbocycles. The third-order valence-corrected chi connectivity index (χ3v) is 4.71. The maximum Gasteiger partial charge on any atom is 0.271 e. The molecule has 0 atom stereocenters. The molecule has 0 aliphatic heterocycles. The summed E-state index contributed by atoms with van der Waals surface area (Å²) in [7, 11) is 3.95. The number of hydrogen-bond acceptors (Lipinski definition) is 4. The zero-order chi connectivity index (χ0) is 17.0. The van der Waals surface area contributed by atoms with Crippen LogP contribution in [0.4, 0.5) is 5.69 Å². The molecule has 120 valence electrons. The third-order valence-electron chi connectivity index (χ3n) is 3.07. The molecule has 0 bridgehead atoms. The lowest BCUT2D eigenvalue weighted by molar-refractivity contribution is 0.0955. The third kappa shape index (κ3) is 4.80. The number of phenolic OH excluding ortho intramolecular Hbond substituents is 1. The van der Waals surface area contributed by atoms with Crippen LogP contribution in [0.5, 0.6) is 5.75 Å². The monoisotopic (exact) mass is 535 g/mol. The standard InChI is InChI=1S/C16H15I2N3O2/c1-21(2)12-5-3-10(4-6-12)9-19-20-16(23)11-7-13(17)15(22)14(18)8-11/h3-9,22H,1-2H3,(H,20,23)/b19-9+. The summed E-state index contributed by atoms with van der Waals surface area (Å²) in [5.41, 5.74) is 4.94. The van der Waals surface area contributed by atoms with Gasteiger partial charge in [-0.3, -0.25) is 4.79 Å². The van der Waals surface area contributed by atoms with Gasteiger partial charge in [-0.15, -0.1) is 0 Å². The van der Waals surface area contributed by atoms with Crippen molar-refractivity contribution < 1.29 is 9.90 Å². The Labute approximate surface area is 162 Å². The van der Waals surface area contributed by atoms with Gasteiger partial charge in [0.1, 0.15) is 5.75 Å². The van der Waals surface area contributed by atoms with Gasteiger partial charge in [-0.2, -0.15) is 5.10 Å². The summed E-state index contributed by atoms with van der Waals surface area (Å²) in [5, 5.41) is 13.7. The summed E-state index contributed by atoms with van der Waals surface area (Å²) in [6, 6.07) is 11.1. The molecule has 0 heterocycles. The molecule has 1 amide bonds. The number of carbonyl (C=O) groups is 1. The van der Waals surface area contributed by atoms with Gasteiger partial charge >= 0.3 is 0 Å². The lowest BCUT2D eigenvalue weighted by Crippen LogP contribution is -2.18. The number of nitrogens with zero attached hydrogens (tertiary/aromatic N) is 2. The van der Waals surface area contributed by atoms with Gasteiger partial charge in [0.15, 0.2) is 0 Å². The highest BCUT2D eigenvalue weighted by Crippen LogP contribution is 2.27. The molecule has 0 aliphatic rings. The van der Waals surface area contributed by atoms with E-state index in [2.05, 4.69) is 10.5 Å². The van der Waals surface area contributed by atoms with Crippen molar-refractivity contribution >= 4 is 63.0 Å². The van der Waals surface area contributed by atoms with Crippen LogP contribution in [-0.4, -0.2) is 31.3 Å². The van der Waals surface area contributed by atoms with E-state index < -0.39 is 0 Å². The van der Waals surface area contributed by atoms with Crippen molar-refractivity contribution in [1.29, 1.82) is 0 Å². The number of amides is 1. The van der Waals surface area contributed by atoms with Gasteiger partial charge in [0, 0.05) is 25.3 Å². The first kappa shape index (κ1) is 18.0. The van der Waals surface area contributed by atoms with Crippen LogP contribution in [-0.2, 0) is 0 Å². The number of hydrazone groups is 1. The second kappa shape index (κ2) is 7.95. The Hall–Kier alpha value is -1.36. The molecule has 2 aromatic rings. The van der Waals surface area contributed by atoms with Crippen molar-refractivity contribution in [2.75, 3.05) is 19.0 Å². The van der Waals surface area contributed by atoms with E-state index in [1.165, 1.54) is 0 Å². The van der Waals surface area contributed by atoms with E-state index in [0.29, 0.717) is 12.7 Å². The van der Waals surface area contributed by atoms with Crippen molar-refractivity contribution in [2.24, 2.45) is 5.10 Å². The van der Waals surface area contributed by atoms with E-state index in [1.807, 2.05) is 88.4 Å². The topological polar surface area (TPSA) is 64.9 Å². The Morgan fingerprint density at radius 2 is 1.74 bits per heavy atom. The van der Waals surface area contributed by atoms with Gasteiger partial charge in [0.25, 0.3) is 5.91 Å². The summed E-state index contributed by atoms with van der Waals surface area (Å²) in [6.45, 7) is 0. The van der Waals surface area contributed by atoms with Crippen LogP contribution >= 0.6 is 45.2 Å². The van der Waals surface area contributed by atoms with Crippen molar-refractivity contribution in [3.05, 3.63) is 54.7 Å². The molecule has 2 N–H and O–H groups in total. The molecule has 7 heteroatoms. The van der Waals surface area contributed by atoms with Crippen LogP contribution in [0.1, 0.15) is 15.9 Å². The second-order valence-corrected chi connectivity index (χ2v) is 7.30. The van der Waals surface area contributed by atoms with Gasteiger partial charge in [-0.05, 0) is 75.0 Å². The summed E-state index contributed by atoms with van der Waals surface area (Å²) < 4.78 is 1.26. The van der Waals surface area contributed by atoms with Crippen LogP contribution < -0.4 is 10.3 Å². The molecular weight excluding hydrogens is 520 g/mol. The molecule has 0 radical (unpaired) electrons. The molecule has 0 unspecified atom stereocenters. The van der Waals surface area contributed by atoms with E-state index in [4.69, 9.17) is 0 Å². The van der Waals surface area contributed by atoms with Crippen molar-refractivity contribution in [2.45, 2.75) is 0 Å². The predicted octanol–water partition coefficient (Wildman–Crippen LogP) is 3.43. The molecule has 0 fully saturated rings. The summed E-state index contributed by atoms with van der Waals surface area (Å²) in [5.74, 6) is -0.130. The van der Waals surface area contributed by atoms with Crippen molar-refractivity contribution in [3.8, 4) is 5.75 Å². The lowest BCUT2D eigenvalue weighted by atomic mass is 10.2. The van der Waals surface area contributed by atoms with Crippen molar-refractivity contribution in [1.82, 2.24) is 5.43 Å². The quantitative estimate of drug-likeness (QED) is 0.359. The molecule has 23 heavy (non-hydrogen) atoms. The average molecular weight is 535 g/mol. The Kier molecular flexibility index (Phi) is 6.22. The van der Waals surface area contributed by atoms with E-state index in [-0.39, 0.29) is 11.7 Å². The first-order valence-electron chi connectivity index (χ1n) is 6.67. The number of halogens is 2. The molecule has 2 rings (SSSR count). The number of anilines is 1. The maximum atomic E-state index is 12.1. The Morgan fingerprint density at radius 3 is 2.26 bits per heavy atom. The summed E-state index contributed by atoms with van der Waals surface area (Å²) in [4.78, 5) is 14.1. The number of carbonyl (C=O) groups excluding carboxylic acids is 1. The number of aromatic hydroxyl groups is 1. The fourth-order valence-corrected chi connectivity index (χ4v) is 3.55. The molecular formula is C16H15I2N3O2. The van der Waals surface area contributed by atoms with Gasteiger partial charge in [0.05, 0.1) is 13.4 Å². The van der Waals surface area contributed by atoms with Gasteiger partial charge in [0.2, 0.25) is 0 Å². The highest BCUT2D eigenvalue weighted by molar-refractivity contribution is 14.1. The average Bonchev–Trinajstić information content (AvgIpc) is 2.52. The minimum absolute atomic E-state index is 0.187. The van der Waals surface area contributed by atoms with Gasteiger partial charge < -0.3 is 10.0 Å². The number of rotatable bonds is 4. The van der Waals surface area contributed by atoms with Crippen LogP contribution in [0.3, 0.4) is 0 Å². The van der Waals surface area contributed by atoms with Gasteiger partial charge in [-0.1, -0.05) is 12.1 Å². The molecule has 0 aliphatic carbocycles. The first-order valence-corrected chi connectivity index (χ1v) is 8.83. The minimum Gasteiger partial charge on any atom is -0.506 e. The molecule has 5 nitrogen and oxygen atoms in total. The van der Waals surface area contributed by atoms with E-state index in [1.54, 1.807) is 18.3 Å². The van der Waals surface area contributed by atoms with Gasteiger partial charge in [-0.25, -0.2) is 5.43 Å². The van der Waals surface area contributed by atoms with E-state index in [9.17, 15) is 9.90 Å². The molecule has 2 aromatic carbocycles. The normalized spacial score (nSPS) is 10.8. The number of phenols is 1. The Bertz CT molecular complexity index is 720. The minimum atomic E-state index is -0.318. The van der Waals surface area contributed by atoms with E-state index >= 15 is 0 Å². The van der Waals surface area contributed by atoms with Crippen molar-refractivity contribution in [3.63, 3.8) is 0 Å². The van der Waals surface area contributed by atoms with Crippen LogP contribution in [0, 0.1) is 7.14 Å². The fraction of sp³-hybridized carbons (Fsp3) is 0.125. The predicted molar refractivity (Wildman–Crippen MR) is 109 cm³/mol. The number of nitrogens with one attached hydrogen (secondary N) is 1. The summed E-state index contributed by atoms with van der Waals surface area (Å²) in [6.07, 6.45) is 1.59. The highest BCUT2D eigenvalue weighted by atomic mass is 127. The number of benzene rings is 2. The Balaban J connectivity index is 2.04. The first-order chi connectivity index (χ1) is 10.9. The lowest BCUT2D eigenvalue weighted by Gasteiger charge is -2.11. The molecule has 0 aromatic heterocycles. The fourth-order valence-electron chi connectivity index (χ4n) is 1.79. The largest absolute Gasteiger partial charge is 0.506 e. The zero-order valence-electron chi connectivity index (χ0n) is 12.5. The van der Waals surface area contributed by atoms with Crippen LogP contribution in [0.15, 0.2) is 41.5 Å². The summed E-state index contributed by atoms with van der Waals surface area (Å²) >= 11 is 3.97. The smallest absolute Gasteiger partial charge is 0.271 e. The number of hydrogen-bond donors (Lipinski definition) is 2. The maximum absolute atomic E-state index is 12.1. The van der Waals surface area contributed by atoms with Crippen LogP contribution in [0.2, 0.25) is 0 Å². The molecule has 0 saturated heterocycles. The molecule has 0 spiro atoms.